The minimum Gasteiger partial charge on any atom is -0.322 e. The molecule has 0 fully saturated rings. The van der Waals surface area contributed by atoms with Gasteiger partial charge in [0, 0.05) is 18.0 Å². The maximum Gasteiger partial charge on any atom is 0.274 e. The molecular formula is C11H13N5O. The van der Waals surface area contributed by atoms with E-state index in [-0.39, 0.29) is 17.3 Å². The average Bonchev–Trinajstić information content (AvgIpc) is 2.39. The molecule has 2 heterocycles. The number of hydrogen-bond donors (Lipinski definition) is 2. The molecule has 0 bridgehead atoms. The van der Waals surface area contributed by atoms with E-state index in [0.29, 0.717) is 17.8 Å². The Labute approximate surface area is 97.9 Å². The van der Waals surface area contributed by atoms with Crippen molar-refractivity contribution in [3.63, 3.8) is 0 Å². The lowest BCUT2D eigenvalue weighted by Crippen LogP contribution is -2.24. The summed E-state index contributed by atoms with van der Waals surface area (Å²) in [6.07, 6.45) is 3.90. The second-order valence-electron chi connectivity index (χ2n) is 3.64. The van der Waals surface area contributed by atoms with Crippen LogP contribution < -0.4 is 11.3 Å². The Morgan fingerprint density at radius 1 is 1.47 bits per heavy atom. The first kappa shape index (κ1) is 11.4. The second-order valence-corrected chi connectivity index (χ2v) is 3.64. The van der Waals surface area contributed by atoms with Crippen LogP contribution in [-0.2, 0) is 0 Å². The molecule has 0 saturated carbocycles. The van der Waals surface area contributed by atoms with Crippen LogP contribution >= 0.6 is 0 Å². The fourth-order valence-corrected chi connectivity index (χ4v) is 1.41. The highest BCUT2D eigenvalue weighted by atomic mass is 16.1. The standard InChI is InChI=1S/C11H13N5O/c1-2-8(12)9-11(17)14-10(16-15-9)7-4-3-5-13-6-7/h3-6,8H,2,12H2,1H3,(H,14,16,17). The van der Waals surface area contributed by atoms with E-state index in [2.05, 4.69) is 20.2 Å². The van der Waals surface area contributed by atoms with Gasteiger partial charge in [-0.3, -0.25) is 9.78 Å². The molecule has 2 rings (SSSR count). The summed E-state index contributed by atoms with van der Waals surface area (Å²) in [5.41, 5.74) is 6.43. The highest BCUT2D eigenvalue weighted by molar-refractivity contribution is 5.51. The van der Waals surface area contributed by atoms with Crippen molar-refractivity contribution >= 4 is 0 Å². The number of hydrogen-bond acceptors (Lipinski definition) is 5. The molecule has 0 aliphatic rings. The summed E-state index contributed by atoms with van der Waals surface area (Å²) in [6.45, 7) is 1.89. The number of rotatable bonds is 3. The quantitative estimate of drug-likeness (QED) is 0.807. The minimum absolute atomic E-state index is 0.264. The summed E-state index contributed by atoms with van der Waals surface area (Å²) in [5.74, 6) is 0.398. The van der Waals surface area contributed by atoms with Crippen LogP contribution in [0.15, 0.2) is 29.3 Å². The van der Waals surface area contributed by atoms with Gasteiger partial charge in [-0.2, -0.15) is 0 Å². The lowest BCUT2D eigenvalue weighted by Gasteiger charge is -2.06. The van der Waals surface area contributed by atoms with Gasteiger partial charge in [0.15, 0.2) is 5.82 Å². The Hall–Kier alpha value is -2.08. The molecule has 6 heteroatoms. The smallest absolute Gasteiger partial charge is 0.274 e. The molecule has 0 aromatic carbocycles. The Morgan fingerprint density at radius 3 is 2.88 bits per heavy atom. The summed E-state index contributed by atoms with van der Waals surface area (Å²) in [4.78, 5) is 18.4. The van der Waals surface area contributed by atoms with E-state index in [1.807, 2.05) is 6.92 Å². The van der Waals surface area contributed by atoms with Crippen LogP contribution in [0, 0.1) is 0 Å². The monoisotopic (exact) mass is 231 g/mol. The molecule has 1 unspecified atom stereocenters. The summed E-state index contributed by atoms with van der Waals surface area (Å²) >= 11 is 0. The number of nitrogens with one attached hydrogen (secondary N) is 1. The largest absolute Gasteiger partial charge is 0.322 e. The van der Waals surface area contributed by atoms with Gasteiger partial charge in [-0.25, -0.2) is 0 Å². The van der Waals surface area contributed by atoms with Gasteiger partial charge in [-0.15, -0.1) is 10.2 Å². The molecule has 17 heavy (non-hydrogen) atoms. The van der Waals surface area contributed by atoms with E-state index in [1.54, 1.807) is 24.5 Å². The highest BCUT2D eigenvalue weighted by Crippen LogP contribution is 2.11. The Balaban J connectivity index is 2.42. The first-order valence-electron chi connectivity index (χ1n) is 5.35. The van der Waals surface area contributed by atoms with Crippen molar-refractivity contribution < 1.29 is 0 Å². The predicted molar refractivity (Wildman–Crippen MR) is 63.1 cm³/mol. The number of pyridine rings is 1. The molecule has 1 atom stereocenters. The van der Waals surface area contributed by atoms with Crippen LogP contribution in [0.1, 0.15) is 25.1 Å². The van der Waals surface area contributed by atoms with Gasteiger partial charge < -0.3 is 10.7 Å². The molecule has 2 aromatic rings. The fraction of sp³-hybridized carbons (Fsp3) is 0.273. The van der Waals surface area contributed by atoms with Gasteiger partial charge >= 0.3 is 0 Å². The van der Waals surface area contributed by atoms with Crippen LogP contribution in [0.25, 0.3) is 11.4 Å². The van der Waals surface area contributed by atoms with E-state index in [1.165, 1.54) is 0 Å². The van der Waals surface area contributed by atoms with Crippen molar-refractivity contribution in [2.24, 2.45) is 5.73 Å². The van der Waals surface area contributed by atoms with Crippen LogP contribution in [0.3, 0.4) is 0 Å². The third-order valence-corrected chi connectivity index (χ3v) is 2.45. The molecule has 0 aliphatic carbocycles. The maximum absolute atomic E-state index is 11.8. The van der Waals surface area contributed by atoms with Crippen LogP contribution in [0.5, 0.6) is 0 Å². The fourth-order valence-electron chi connectivity index (χ4n) is 1.41. The average molecular weight is 231 g/mol. The normalized spacial score (nSPS) is 12.4. The summed E-state index contributed by atoms with van der Waals surface area (Å²) < 4.78 is 0. The lowest BCUT2D eigenvalue weighted by molar-refractivity contribution is 0.645. The molecule has 0 spiro atoms. The third-order valence-electron chi connectivity index (χ3n) is 2.45. The van der Waals surface area contributed by atoms with Gasteiger partial charge in [-0.05, 0) is 18.6 Å². The van der Waals surface area contributed by atoms with Crippen molar-refractivity contribution in [1.29, 1.82) is 0 Å². The highest BCUT2D eigenvalue weighted by Gasteiger charge is 2.12. The van der Waals surface area contributed by atoms with Crippen molar-refractivity contribution in [3.8, 4) is 11.4 Å². The number of aromatic amines is 1. The maximum atomic E-state index is 11.8. The van der Waals surface area contributed by atoms with Crippen LogP contribution in [0.4, 0.5) is 0 Å². The van der Waals surface area contributed by atoms with E-state index in [9.17, 15) is 4.79 Å². The van der Waals surface area contributed by atoms with E-state index < -0.39 is 0 Å². The van der Waals surface area contributed by atoms with Gasteiger partial charge in [0.1, 0.15) is 5.69 Å². The van der Waals surface area contributed by atoms with Gasteiger partial charge in [0.05, 0.1) is 6.04 Å². The first-order chi connectivity index (χ1) is 8.22. The molecule has 0 amide bonds. The van der Waals surface area contributed by atoms with Crippen molar-refractivity contribution in [2.75, 3.05) is 0 Å². The minimum atomic E-state index is -0.380. The summed E-state index contributed by atoms with van der Waals surface area (Å²) in [5, 5.41) is 7.83. The molecule has 2 aromatic heterocycles. The lowest BCUT2D eigenvalue weighted by atomic mass is 10.2. The molecule has 88 valence electrons. The van der Waals surface area contributed by atoms with Gasteiger partial charge in [0.2, 0.25) is 0 Å². The van der Waals surface area contributed by atoms with Crippen molar-refractivity contribution in [1.82, 2.24) is 20.2 Å². The number of aromatic nitrogens is 4. The van der Waals surface area contributed by atoms with Crippen molar-refractivity contribution in [3.05, 3.63) is 40.6 Å². The Bertz CT molecular complexity index is 551. The zero-order valence-electron chi connectivity index (χ0n) is 9.42. The topological polar surface area (TPSA) is 97.5 Å². The SMILES string of the molecule is CCC(N)c1nnc(-c2cccnc2)[nH]c1=O. The number of nitrogens with two attached hydrogens (primary N) is 1. The Morgan fingerprint density at radius 2 is 2.29 bits per heavy atom. The molecule has 6 nitrogen and oxygen atoms in total. The first-order valence-corrected chi connectivity index (χ1v) is 5.35. The second kappa shape index (κ2) is 4.84. The van der Waals surface area contributed by atoms with E-state index in [0.717, 1.165) is 0 Å². The zero-order valence-corrected chi connectivity index (χ0v) is 9.42. The molecular weight excluding hydrogens is 218 g/mol. The zero-order chi connectivity index (χ0) is 12.3. The summed E-state index contributed by atoms with van der Waals surface area (Å²) in [6, 6.07) is 3.18. The summed E-state index contributed by atoms with van der Waals surface area (Å²) in [7, 11) is 0. The number of H-pyrrole nitrogens is 1. The number of nitrogens with zero attached hydrogens (tertiary/aromatic N) is 3. The third kappa shape index (κ3) is 2.36. The van der Waals surface area contributed by atoms with E-state index >= 15 is 0 Å². The van der Waals surface area contributed by atoms with E-state index in [4.69, 9.17) is 5.73 Å². The van der Waals surface area contributed by atoms with Crippen LogP contribution in [-0.4, -0.2) is 20.2 Å². The molecule has 0 saturated heterocycles. The van der Waals surface area contributed by atoms with Gasteiger partial charge in [-0.1, -0.05) is 6.92 Å². The molecule has 0 radical (unpaired) electrons. The molecule has 0 aliphatic heterocycles. The van der Waals surface area contributed by atoms with Crippen LogP contribution in [0.2, 0.25) is 0 Å². The van der Waals surface area contributed by atoms with Gasteiger partial charge in [0.25, 0.3) is 5.56 Å². The predicted octanol–water partition coefficient (Wildman–Crippen LogP) is 0.637. The molecule has 3 N–H and O–H groups in total. The van der Waals surface area contributed by atoms with Crippen molar-refractivity contribution in [2.45, 2.75) is 19.4 Å². The Kier molecular flexibility index (Phi) is 3.24.